The fourth-order valence-electron chi connectivity index (χ4n) is 4.03. The van der Waals surface area contributed by atoms with Crippen LogP contribution in [0.5, 0.6) is 11.5 Å². The quantitative estimate of drug-likeness (QED) is 0.451. The molecule has 37 heavy (non-hydrogen) atoms. The molecule has 0 saturated carbocycles. The van der Waals surface area contributed by atoms with Gasteiger partial charge in [-0.05, 0) is 37.0 Å². The molecule has 1 unspecified atom stereocenters. The molecule has 0 aromatic heterocycles. The molecule has 202 valence electrons. The Morgan fingerprint density at radius 2 is 1.68 bits per heavy atom. The van der Waals surface area contributed by atoms with Gasteiger partial charge in [0, 0.05) is 19.2 Å². The maximum absolute atomic E-state index is 13.8. The molecule has 0 aliphatic carbocycles. The van der Waals surface area contributed by atoms with Gasteiger partial charge in [-0.15, -0.1) is 0 Å². The number of hydrogen-bond donors (Lipinski definition) is 1. The number of fused-ring (bicyclic) bond motifs is 1. The number of nitrogens with zero attached hydrogens (tertiary/aromatic N) is 2. The third-order valence-corrected chi connectivity index (χ3v) is 7.80. The van der Waals surface area contributed by atoms with E-state index in [1.807, 2.05) is 51.1 Å². The summed E-state index contributed by atoms with van der Waals surface area (Å²) in [4.78, 5) is 28.4. The van der Waals surface area contributed by atoms with Gasteiger partial charge in [-0.25, -0.2) is 8.42 Å². The molecule has 1 aliphatic rings. The lowest BCUT2D eigenvalue weighted by Gasteiger charge is -2.33. The summed E-state index contributed by atoms with van der Waals surface area (Å²) >= 11 is 0. The highest BCUT2D eigenvalue weighted by molar-refractivity contribution is 7.92. The van der Waals surface area contributed by atoms with Gasteiger partial charge in [-0.2, -0.15) is 0 Å². The molecule has 3 rings (SSSR count). The lowest BCUT2D eigenvalue weighted by molar-refractivity contribution is -0.140. The van der Waals surface area contributed by atoms with Gasteiger partial charge >= 0.3 is 0 Å². The third kappa shape index (κ3) is 7.38. The number of benzene rings is 2. The second kappa shape index (κ2) is 12.8. The monoisotopic (exact) mass is 531 g/mol. The van der Waals surface area contributed by atoms with E-state index in [0.29, 0.717) is 43.4 Å². The van der Waals surface area contributed by atoms with Crippen LogP contribution in [0.3, 0.4) is 0 Å². The van der Waals surface area contributed by atoms with Crippen LogP contribution in [0.4, 0.5) is 5.69 Å². The molecule has 1 N–H and O–H groups in total. The van der Waals surface area contributed by atoms with Crippen molar-refractivity contribution in [3.05, 3.63) is 54.1 Å². The number of carbonyl (C=O) groups is 2. The highest BCUT2D eigenvalue weighted by Crippen LogP contribution is 2.35. The van der Waals surface area contributed by atoms with Crippen molar-refractivity contribution in [2.24, 2.45) is 5.92 Å². The largest absolute Gasteiger partial charge is 0.486 e. The summed E-state index contributed by atoms with van der Waals surface area (Å²) in [5, 5.41) is 2.92. The van der Waals surface area contributed by atoms with Crippen LogP contribution in [0.1, 0.15) is 39.7 Å². The number of ether oxygens (including phenoxy) is 2. The Labute approximate surface area is 219 Å². The number of amides is 2. The molecule has 9 nitrogen and oxygen atoms in total. The van der Waals surface area contributed by atoms with Crippen LogP contribution in [-0.4, -0.2) is 63.2 Å². The van der Waals surface area contributed by atoms with Gasteiger partial charge in [0.25, 0.3) is 0 Å². The Morgan fingerprint density at radius 1 is 1.00 bits per heavy atom. The highest BCUT2D eigenvalue weighted by Gasteiger charge is 2.33. The Hall–Kier alpha value is -3.27. The van der Waals surface area contributed by atoms with Crippen molar-refractivity contribution in [1.82, 2.24) is 10.2 Å². The number of rotatable bonds is 12. The molecule has 1 heterocycles. The second-order valence-corrected chi connectivity index (χ2v) is 11.5. The predicted molar refractivity (Wildman–Crippen MR) is 143 cm³/mol. The fourth-order valence-corrected chi connectivity index (χ4v) is 5.08. The molecule has 0 spiro atoms. The summed E-state index contributed by atoms with van der Waals surface area (Å²) < 4.78 is 38.6. The van der Waals surface area contributed by atoms with E-state index in [4.69, 9.17) is 9.47 Å². The van der Waals surface area contributed by atoms with E-state index in [0.717, 1.165) is 9.87 Å². The van der Waals surface area contributed by atoms with Crippen LogP contribution in [0.2, 0.25) is 0 Å². The molecular weight excluding hydrogens is 494 g/mol. The summed E-state index contributed by atoms with van der Waals surface area (Å²) in [6.45, 7) is 8.33. The molecule has 2 aromatic rings. The zero-order valence-electron chi connectivity index (χ0n) is 22.0. The van der Waals surface area contributed by atoms with Crippen molar-refractivity contribution in [2.75, 3.05) is 36.4 Å². The SMILES string of the molecule is CCC(C(=O)NCC(C)C)N(Cc1ccccc1)C(=O)CN(c1ccc2c(c1)OCCO2)S(=O)(=O)CC. The predicted octanol–water partition coefficient (Wildman–Crippen LogP) is 3.19. The standard InChI is InChI=1S/C27H37N3O6S/c1-5-23(27(32)28-17-20(3)4)29(18-21-10-8-7-9-11-21)26(31)19-30(37(33,34)6-2)22-12-13-24-25(16-22)36-15-14-35-24/h7-13,16,20,23H,5-6,14-15,17-19H2,1-4H3,(H,28,32). The van der Waals surface area contributed by atoms with Crippen molar-refractivity contribution < 1.29 is 27.5 Å². The molecule has 1 aliphatic heterocycles. The van der Waals surface area contributed by atoms with E-state index < -0.39 is 28.5 Å². The maximum Gasteiger partial charge on any atom is 0.244 e. The number of nitrogens with one attached hydrogen (secondary N) is 1. The lowest BCUT2D eigenvalue weighted by Crippen LogP contribution is -2.52. The third-order valence-electron chi connectivity index (χ3n) is 6.06. The van der Waals surface area contributed by atoms with Gasteiger partial charge in [0.05, 0.1) is 11.4 Å². The first kappa shape index (κ1) is 28.3. The molecule has 2 aromatic carbocycles. The first-order chi connectivity index (χ1) is 17.7. The Morgan fingerprint density at radius 3 is 2.30 bits per heavy atom. The zero-order chi connectivity index (χ0) is 27.0. The van der Waals surface area contributed by atoms with Crippen LogP contribution in [0.15, 0.2) is 48.5 Å². The average molecular weight is 532 g/mol. The molecule has 10 heteroatoms. The summed E-state index contributed by atoms with van der Waals surface area (Å²) in [6.07, 6.45) is 0.382. The smallest absolute Gasteiger partial charge is 0.244 e. The zero-order valence-corrected chi connectivity index (χ0v) is 22.8. The molecule has 0 radical (unpaired) electrons. The highest BCUT2D eigenvalue weighted by atomic mass is 32.2. The van der Waals surface area contributed by atoms with E-state index in [1.54, 1.807) is 18.2 Å². The minimum atomic E-state index is -3.83. The van der Waals surface area contributed by atoms with Crippen molar-refractivity contribution in [2.45, 2.75) is 46.7 Å². The van der Waals surface area contributed by atoms with E-state index >= 15 is 0 Å². The van der Waals surface area contributed by atoms with Crippen LogP contribution in [-0.2, 0) is 26.2 Å². The van der Waals surface area contributed by atoms with E-state index in [9.17, 15) is 18.0 Å². The van der Waals surface area contributed by atoms with Crippen molar-refractivity contribution >= 4 is 27.5 Å². The Bertz CT molecular complexity index is 1170. The normalized spacial score (nSPS) is 13.6. The number of carbonyl (C=O) groups excluding carboxylic acids is 2. The van der Waals surface area contributed by atoms with Crippen LogP contribution in [0, 0.1) is 5.92 Å². The van der Waals surface area contributed by atoms with Crippen molar-refractivity contribution in [1.29, 1.82) is 0 Å². The first-order valence-electron chi connectivity index (χ1n) is 12.7. The fraction of sp³-hybridized carbons (Fsp3) is 0.481. The van der Waals surface area contributed by atoms with Crippen molar-refractivity contribution in [3.63, 3.8) is 0 Å². The van der Waals surface area contributed by atoms with Crippen molar-refractivity contribution in [3.8, 4) is 11.5 Å². The van der Waals surface area contributed by atoms with Gasteiger partial charge in [-0.3, -0.25) is 13.9 Å². The summed E-state index contributed by atoms with van der Waals surface area (Å²) in [7, 11) is -3.83. The van der Waals surface area contributed by atoms with Gasteiger partial charge in [0.15, 0.2) is 11.5 Å². The van der Waals surface area contributed by atoms with E-state index in [2.05, 4.69) is 5.32 Å². The minimum absolute atomic E-state index is 0.175. The molecule has 2 amide bonds. The number of hydrogen-bond acceptors (Lipinski definition) is 6. The van der Waals surface area contributed by atoms with Crippen LogP contribution in [0.25, 0.3) is 0 Å². The van der Waals surface area contributed by atoms with Crippen LogP contribution >= 0.6 is 0 Å². The average Bonchev–Trinajstić information content (AvgIpc) is 2.90. The van der Waals surface area contributed by atoms with Gasteiger partial charge < -0.3 is 19.7 Å². The molecule has 1 atom stereocenters. The van der Waals surface area contributed by atoms with Gasteiger partial charge in [0.1, 0.15) is 25.8 Å². The molecular formula is C27H37N3O6S. The minimum Gasteiger partial charge on any atom is -0.486 e. The molecule has 0 fully saturated rings. The molecule has 0 bridgehead atoms. The Balaban J connectivity index is 1.95. The topological polar surface area (TPSA) is 105 Å². The van der Waals surface area contributed by atoms with E-state index in [1.165, 1.54) is 11.8 Å². The van der Waals surface area contributed by atoms with Crippen LogP contribution < -0.4 is 19.1 Å². The summed E-state index contributed by atoms with van der Waals surface area (Å²) in [5.74, 6) is 0.272. The summed E-state index contributed by atoms with van der Waals surface area (Å²) in [6, 6.07) is 13.4. The maximum atomic E-state index is 13.8. The first-order valence-corrected chi connectivity index (χ1v) is 14.3. The second-order valence-electron chi connectivity index (χ2n) is 9.31. The van der Waals surface area contributed by atoms with Gasteiger partial charge in [-0.1, -0.05) is 51.1 Å². The number of anilines is 1. The number of sulfonamides is 1. The molecule has 0 saturated heterocycles. The summed E-state index contributed by atoms with van der Waals surface area (Å²) in [5.41, 5.74) is 1.15. The lowest BCUT2D eigenvalue weighted by atomic mass is 10.1. The van der Waals surface area contributed by atoms with E-state index in [-0.39, 0.29) is 24.1 Å². The Kier molecular flexibility index (Phi) is 9.79. The van der Waals surface area contributed by atoms with Gasteiger partial charge in [0.2, 0.25) is 21.8 Å².